The van der Waals surface area contributed by atoms with Crippen molar-refractivity contribution in [2.75, 3.05) is 24.7 Å². The van der Waals surface area contributed by atoms with Crippen LogP contribution in [0.5, 0.6) is 11.5 Å². The summed E-state index contributed by atoms with van der Waals surface area (Å²) in [4.78, 5) is 0. The Hall–Kier alpha value is -3.24. The highest BCUT2D eigenvalue weighted by molar-refractivity contribution is 5.42. The largest absolute Gasteiger partial charge is 0.481 e. The number of anilines is 2. The highest BCUT2D eigenvalue weighted by Crippen LogP contribution is 2.13. The quantitative estimate of drug-likeness (QED) is 0.670. The van der Waals surface area contributed by atoms with E-state index in [1.165, 1.54) is 0 Å². The van der Waals surface area contributed by atoms with E-state index in [-0.39, 0.29) is 13.2 Å². The minimum atomic E-state index is 0.275. The molecule has 0 aliphatic heterocycles. The summed E-state index contributed by atoms with van der Waals surface area (Å²) >= 11 is 0. The molecular formula is C18H16N2O2. The predicted molar refractivity (Wildman–Crippen MR) is 88.3 cm³/mol. The molecule has 0 radical (unpaired) electrons. The molecule has 0 atom stereocenters. The molecular weight excluding hydrogens is 276 g/mol. The predicted octanol–water partition coefficient (Wildman–Crippen LogP) is 2.32. The molecule has 0 heterocycles. The molecule has 0 fully saturated rings. The van der Waals surface area contributed by atoms with E-state index in [4.69, 9.17) is 20.9 Å². The molecule has 4 heteroatoms. The van der Waals surface area contributed by atoms with Gasteiger partial charge in [0.05, 0.1) is 0 Å². The van der Waals surface area contributed by atoms with E-state index < -0.39 is 0 Å². The average molecular weight is 292 g/mol. The van der Waals surface area contributed by atoms with Gasteiger partial charge in [-0.25, -0.2) is 0 Å². The Kier molecular flexibility index (Phi) is 5.61. The molecule has 0 bridgehead atoms. The van der Waals surface area contributed by atoms with Gasteiger partial charge in [-0.1, -0.05) is 0 Å². The van der Waals surface area contributed by atoms with Gasteiger partial charge in [-0.05, 0) is 72.2 Å². The second-order valence-corrected chi connectivity index (χ2v) is 4.32. The fourth-order valence-electron chi connectivity index (χ4n) is 1.53. The number of nitrogens with two attached hydrogens (primary N) is 2. The zero-order valence-electron chi connectivity index (χ0n) is 12.0. The van der Waals surface area contributed by atoms with Gasteiger partial charge < -0.3 is 20.9 Å². The number of hydrogen-bond donors (Lipinski definition) is 2. The van der Waals surface area contributed by atoms with Crippen LogP contribution >= 0.6 is 0 Å². The average Bonchev–Trinajstić information content (AvgIpc) is 2.53. The molecule has 2 aromatic rings. The Balaban J connectivity index is 1.68. The van der Waals surface area contributed by atoms with Gasteiger partial charge in [0.1, 0.15) is 24.7 Å². The van der Waals surface area contributed by atoms with Crippen molar-refractivity contribution >= 4 is 11.4 Å². The third kappa shape index (κ3) is 5.40. The lowest BCUT2D eigenvalue weighted by atomic mass is 10.3. The van der Waals surface area contributed by atoms with Gasteiger partial charge in [-0.3, -0.25) is 0 Å². The van der Waals surface area contributed by atoms with E-state index in [2.05, 4.69) is 23.7 Å². The summed E-state index contributed by atoms with van der Waals surface area (Å²) in [5.74, 6) is 12.5. The first kappa shape index (κ1) is 15.2. The second kappa shape index (κ2) is 8.14. The summed E-state index contributed by atoms with van der Waals surface area (Å²) in [7, 11) is 0. The number of hydrogen-bond acceptors (Lipinski definition) is 4. The molecule has 0 aliphatic carbocycles. The molecule has 0 saturated heterocycles. The van der Waals surface area contributed by atoms with E-state index in [1.807, 2.05) is 0 Å². The van der Waals surface area contributed by atoms with Crippen LogP contribution < -0.4 is 20.9 Å². The topological polar surface area (TPSA) is 70.5 Å². The molecule has 0 saturated carbocycles. The van der Waals surface area contributed by atoms with Crippen LogP contribution in [0.3, 0.4) is 0 Å². The second-order valence-electron chi connectivity index (χ2n) is 4.32. The Labute approximate surface area is 130 Å². The lowest BCUT2D eigenvalue weighted by Gasteiger charge is -2.01. The highest BCUT2D eigenvalue weighted by Gasteiger charge is 1.91. The fraction of sp³-hybridized carbons (Fsp3) is 0.111. The molecule has 0 aliphatic rings. The minimum absolute atomic E-state index is 0.275. The van der Waals surface area contributed by atoms with Crippen molar-refractivity contribution in [2.24, 2.45) is 0 Å². The summed E-state index contributed by atoms with van der Waals surface area (Å²) < 4.78 is 10.8. The molecule has 4 nitrogen and oxygen atoms in total. The molecule has 0 unspecified atom stereocenters. The Morgan fingerprint density at radius 1 is 0.636 bits per heavy atom. The summed E-state index contributed by atoms with van der Waals surface area (Å²) in [5, 5.41) is 0. The van der Waals surface area contributed by atoms with Crippen LogP contribution in [0, 0.1) is 23.7 Å². The first-order valence-corrected chi connectivity index (χ1v) is 6.66. The number of ether oxygens (including phenoxy) is 2. The zero-order chi connectivity index (χ0) is 15.6. The highest BCUT2D eigenvalue weighted by atomic mass is 16.5. The van der Waals surface area contributed by atoms with E-state index in [1.54, 1.807) is 48.5 Å². The van der Waals surface area contributed by atoms with Gasteiger partial charge in [0.25, 0.3) is 0 Å². The van der Waals surface area contributed by atoms with Crippen LogP contribution in [-0.2, 0) is 0 Å². The van der Waals surface area contributed by atoms with Gasteiger partial charge in [0.2, 0.25) is 0 Å². The molecule has 2 aromatic carbocycles. The van der Waals surface area contributed by atoms with Gasteiger partial charge in [-0.15, -0.1) is 0 Å². The third-order valence-electron chi connectivity index (χ3n) is 2.62. The van der Waals surface area contributed by atoms with Gasteiger partial charge in [0.15, 0.2) is 0 Å². The summed E-state index contributed by atoms with van der Waals surface area (Å²) in [6.07, 6.45) is 0. The van der Waals surface area contributed by atoms with Crippen molar-refractivity contribution in [1.82, 2.24) is 0 Å². The van der Waals surface area contributed by atoms with Gasteiger partial charge in [0, 0.05) is 11.4 Å². The Morgan fingerprint density at radius 3 is 1.36 bits per heavy atom. The number of benzene rings is 2. The first-order chi connectivity index (χ1) is 10.7. The standard InChI is InChI=1S/C18H16N2O2/c19-15-5-9-17(10-6-15)21-13-3-1-2-4-14-22-18-11-7-16(20)8-12-18/h5-12H,13-14,19-20H2. The summed E-state index contributed by atoms with van der Waals surface area (Å²) in [6.45, 7) is 0.550. The number of nitrogen functional groups attached to an aromatic ring is 2. The van der Waals surface area contributed by atoms with Crippen molar-refractivity contribution in [1.29, 1.82) is 0 Å². The van der Waals surface area contributed by atoms with Crippen LogP contribution in [0.15, 0.2) is 48.5 Å². The maximum absolute atomic E-state index is 5.58. The van der Waals surface area contributed by atoms with Crippen molar-refractivity contribution in [3.63, 3.8) is 0 Å². The number of rotatable bonds is 4. The van der Waals surface area contributed by atoms with Crippen LogP contribution in [0.4, 0.5) is 11.4 Å². The Bertz CT molecular complexity index is 649. The van der Waals surface area contributed by atoms with Crippen LogP contribution in [0.1, 0.15) is 0 Å². The van der Waals surface area contributed by atoms with Crippen molar-refractivity contribution < 1.29 is 9.47 Å². The van der Waals surface area contributed by atoms with Crippen molar-refractivity contribution in [2.45, 2.75) is 0 Å². The van der Waals surface area contributed by atoms with Crippen LogP contribution in [0.25, 0.3) is 0 Å². The van der Waals surface area contributed by atoms with Crippen LogP contribution in [-0.4, -0.2) is 13.2 Å². The maximum Gasteiger partial charge on any atom is 0.150 e. The molecule has 0 spiro atoms. The van der Waals surface area contributed by atoms with E-state index >= 15 is 0 Å². The molecule has 0 amide bonds. The SMILES string of the molecule is Nc1ccc(OCC#CC#CCOc2ccc(N)cc2)cc1. The first-order valence-electron chi connectivity index (χ1n) is 6.66. The van der Waals surface area contributed by atoms with E-state index in [9.17, 15) is 0 Å². The smallest absolute Gasteiger partial charge is 0.150 e. The maximum atomic E-state index is 5.58. The van der Waals surface area contributed by atoms with Gasteiger partial charge >= 0.3 is 0 Å². The summed E-state index contributed by atoms with van der Waals surface area (Å²) in [6, 6.07) is 14.3. The fourth-order valence-corrected chi connectivity index (χ4v) is 1.53. The zero-order valence-corrected chi connectivity index (χ0v) is 12.0. The summed E-state index contributed by atoms with van der Waals surface area (Å²) in [5.41, 5.74) is 12.6. The van der Waals surface area contributed by atoms with E-state index in [0.717, 1.165) is 11.5 Å². The third-order valence-corrected chi connectivity index (χ3v) is 2.62. The molecule has 110 valence electrons. The Morgan fingerprint density at radius 2 is 1.00 bits per heavy atom. The van der Waals surface area contributed by atoms with Crippen LogP contribution in [0.2, 0.25) is 0 Å². The molecule has 4 N–H and O–H groups in total. The monoisotopic (exact) mass is 292 g/mol. The molecule has 2 rings (SSSR count). The molecule has 22 heavy (non-hydrogen) atoms. The van der Waals surface area contributed by atoms with E-state index in [0.29, 0.717) is 11.4 Å². The lowest BCUT2D eigenvalue weighted by Crippen LogP contribution is -1.94. The lowest BCUT2D eigenvalue weighted by molar-refractivity contribution is 0.370. The van der Waals surface area contributed by atoms with Crippen molar-refractivity contribution in [3.8, 4) is 35.2 Å². The normalized spacial score (nSPS) is 8.91. The van der Waals surface area contributed by atoms with Gasteiger partial charge in [-0.2, -0.15) is 0 Å². The minimum Gasteiger partial charge on any atom is -0.481 e. The molecule has 0 aromatic heterocycles. The van der Waals surface area contributed by atoms with Crippen molar-refractivity contribution in [3.05, 3.63) is 48.5 Å².